The van der Waals surface area contributed by atoms with Gasteiger partial charge in [-0.2, -0.15) is 0 Å². The summed E-state index contributed by atoms with van der Waals surface area (Å²) in [6, 6.07) is 16.1. The van der Waals surface area contributed by atoms with E-state index in [0.29, 0.717) is 5.57 Å². The fourth-order valence-electron chi connectivity index (χ4n) is 3.55. The van der Waals surface area contributed by atoms with E-state index in [1.165, 1.54) is 0 Å². The Morgan fingerprint density at radius 2 is 1.39 bits per heavy atom. The molecule has 0 bridgehead atoms. The predicted octanol–water partition coefficient (Wildman–Crippen LogP) is 5.21. The highest BCUT2D eigenvalue weighted by atomic mass is 32.2. The van der Waals surface area contributed by atoms with Gasteiger partial charge in [0.15, 0.2) is 5.78 Å². The standard InChI is InChI=1S/C24H16O2S2/c25-23-19(13-15-9-11-27-21-7-3-1-5-17(15)21)24(26)20(23)14-16-10-12-28-22-8-4-2-6-18(16)22/h1-14,19,25H/p-1. The number of hydrogen-bond acceptors (Lipinski definition) is 4. The Kier molecular flexibility index (Phi) is 4.38. The number of hydrogen-bond donors (Lipinski definition) is 0. The van der Waals surface area contributed by atoms with Crippen molar-refractivity contribution < 1.29 is 9.90 Å². The van der Waals surface area contributed by atoms with Crippen molar-refractivity contribution in [2.75, 3.05) is 0 Å². The molecule has 136 valence electrons. The molecule has 28 heavy (non-hydrogen) atoms. The SMILES string of the molecule is O=C1C(C=C2C=CSc3ccccc32)=C([O-])C1C=C1C=CSc2ccccc21. The summed E-state index contributed by atoms with van der Waals surface area (Å²) in [4.78, 5) is 15.0. The average Bonchev–Trinajstić information content (AvgIpc) is 2.75. The first-order chi connectivity index (χ1) is 13.7. The molecular formula is C24H15O2S2-. The van der Waals surface area contributed by atoms with Gasteiger partial charge in [0.1, 0.15) is 0 Å². The number of ketones is 1. The molecule has 5 rings (SSSR count). The van der Waals surface area contributed by atoms with Crippen LogP contribution < -0.4 is 5.11 Å². The number of thioether (sulfide) groups is 2. The van der Waals surface area contributed by atoms with E-state index < -0.39 is 5.92 Å². The number of rotatable bonds is 2. The maximum absolute atomic E-state index is 12.7. The number of Topliss-reactive ketones (excluding diaryl/α,β-unsaturated/α-hetero) is 1. The third kappa shape index (κ3) is 2.89. The molecule has 0 spiro atoms. The van der Waals surface area contributed by atoms with E-state index >= 15 is 0 Å². The predicted molar refractivity (Wildman–Crippen MR) is 114 cm³/mol. The summed E-state index contributed by atoms with van der Waals surface area (Å²) in [5, 5.41) is 16.7. The number of fused-ring (bicyclic) bond motifs is 2. The van der Waals surface area contributed by atoms with Crippen molar-refractivity contribution in [3.63, 3.8) is 0 Å². The number of carbonyl (C=O) groups is 1. The van der Waals surface area contributed by atoms with Crippen molar-refractivity contribution >= 4 is 40.5 Å². The van der Waals surface area contributed by atoms with Crippen molar-refractivity contribution in [1.29, 1.82) is 0 Å². The van der Waals surface area contributed by atoms with Gasteiger partial charge in [0.2, 0.25) is 0 Å². The molecule has 0 amide bonds. The molecular weight excluding hydrogens is 384 g/mol. The summed E-state index contributed by atoms with van der Waals surface area (Å²) in [6.07, 6.45) is 7.49. The Morgan fingerprint density at radius 1 is 0.821 bits per heavy atom. The summed E-state index contributed by atoms with van der Waals surface area (Å²) in [7, 11) is 0. The lowest BCUT2D eigenvalue weighted by atomic mass is 9.79. The van der Waals surface area contributed by atoms with Crippen LogP contribution in [0.3, 0.4) is 0 Å². The Bertz CT molecular complexity index is 1150. The van der Waals surface area contributed by atoms with Gasteiger partial charge >= 0.3 is 0 Å². The van der Waals surface area contributed by atoms with Gasteiger partial charge in [-0.3, -0.25) is 4.79 Å². The van der Waals surface area contributed by atoms with Gasteiger partial charge in [0.25, 0.3) is 0 Å². The van der Waals surface area contributed by atoms with Gasteiger partial charge in [0, 0.05) is 15.4 Å². The maximum atomic E-state index is 12.7. The van der Waals surface area contributed by atoms with Gasteiger partial charge < -0.3 is 5.11 Å². The molecule has 3 aliphatic rings. The molecule has 0 radical (unpaired) electrons. The van der Waals surface area contributed by atoms with Crippen molar-refractivity contribution in [3.8, 4) is 0 Å². The maximum Gasteiger partial charge on any atom is 0.172 e. The molecule has 1 atom stereocenters. The minimum Gasteiger partial charge on any atom is -0.874 e. The largest absolute Gasteiger partial charge is 0.874 e. The minimum atomic E-state index is -0.681. The lowest BCUT2D eigenvalue weighted by Crippen LogP contribution is -2.36. The number of allylic oxidation sites excluding steroid dienone is 7. The Hall–Kier alpha value is -2.69. The van der Waals surface area contributed by atoms with Crippen molar-refractivity contribution in [2.45, 2.75) is 9.79 Å². The third-order valence-corrected chi connectivity index (χ3v) is 6.79. The molecule has 1 aliphatic carbocycles. The van der Waals surface area contributed by atoms with Crippen LogP contribution in [0.4, 0.5) is 0 Å². The summed E-state index contributed by atoms with van der Waals surface area (Å²) in [5.41, 5.74) is 4.28. The Balaban J connectivity index is 1.49. The minimum absolute atomic E-state index is 0.0989. The molecule has 2 aromatic carbocycles. The van der Waals surface area contributed by atoms with Crippen LogP contribution in [0.2, 0.25) is 0 Å². The van der Waals surface area contributed by atoms with Gasteiger partial charge in [-0.15, -0.1) is 5.76 Å². The molecule has 2 heterocycles. The topological polar surface area (TPSA) is 40.1 Å². The van der Waals surface area contributed by atoms with E-state index in [1.54, 1.807) is 29.6 Å². The molecule has 0 aromatic heterocycles. The highest BCUT2D eigenvalue weighted by Gasteiger charge is 2.31. The summed E-state index contributed by atoms with van der Waals surface area (Å²) in [6.45, 7) is 0. The van der Waals surface area contributed by atoms with Crippen LogP contribution in [0.25, 0.3) is 11.1 Å². The quantitative estimate of drug-likeness (QED) is 0.695. The van der Waals surface area contributed by atoms with Gasteiger partial charge in [-0.1, -0.05) is 66.0 Å². The zero-order valence-corrected chi connectivity index (χ0v) is 16.4. The van der Waals surface area contributed by atoms with E-state index in [1.807, 2.05) is 71.5 Å². The van der Waals surface area contributed by atoms with E-state index in [4.69, 9.17) is 0 Å². The molecule has 0 N–H and O–H groups in total. The second-order valence-corrected chi connectivity index (χ2v) is 8.57. The Morgan fingerprint density at radius 3 is 2.04 bits per heavy atom. The van der Waals surface area contributed by atoms with E-state index in [0.717, 1.165) is 32.1 Å². The summed E-state index contributed by atoms with van der Waals surface area (Å²) in [5.74, 6) is -0.878. The van der Waals surface area contributed by atoms with Crippen molar-refractivity contribution in [3.05, 3.63) is 106 Å². The first-order valence-electron chi connectivity index (χ1n) is 8.96. The summed E-state index contributed by atoms with van der Waals surface area (Å²) >= 11 is 3.29. The highest BCUT2D eigenvalue weighted by Crippen LogP contribution is 2.40. The molecule has 0 saturated heterocycles. The van der Waals surface area contributed by atoms with E-state index in [-0.39, 0.29) is 11.5 Å². The lowest BCUT2D eigenvalue weighted by molar-refractivity contribution is -0.315. The van der Waals surface area contributed by atoms with Gasteiger partial charge in [-0.25, -0.2) is 0 Å². The van der Waals surface area contributed by atoms with Crippen LogP contribution in [-0.4, -0.2) is 5.78 Å². The zero-order valence-electron chi connectivity index (χ0n) is 14.8. The lowest BCUT2D eigenvalue weighted by Gasteiger charge is -2.34. The van der Waals surface area contributed by atoms with E-state index in [9.17, 15) is 9.90 Å². The van der Waals surface area contributed by atoms with Crippen LogP contribution in [-0.2, 0) is 4.79 Å². The zero-order chi connectivity index (χ0) is 19.1. The number of benzene rings is 2. The van der Waals surface area contributed by atoms with Gasteiger partial charge in [-0.05, 0) is 63.5 Å². The van der Waals surface area contributed by atoms with Crippen LogP contribution in [0.5, 0.6) is 0 Å². The van der Waals surface area contributed by atoms with Crippen molar-refractivity contribution in [2.24, 2.45) is 5.92 Å². The van der Waals surface area contributed by atoms with Crippen LogP contribution in [0.15, 0.2) is 105 Å². The molecule has 0 fully saturated rings. The van der Waals surface area contributed by atoms with Crippen LogP contribution in [0, 0.1) is 5.92 Å². The fourth-order valence-corrected chi connectivity index (χ4v) is 5.22. The van der Waals surface area contributed by atoms with Crippen molar-refractivity contribution in [1.82, 2.24) is 0 Å². The van der Waals surface area contributed by atoms with Crippen LogP contribution >= 0.6 is 23.5 Å². The summed E-state index contributed by atoms with van der Waals surface area (Å²) < 4.78 is 0. The molecule has 2 aliphatic heterocycles. The van der Waals surface area contributed by atoms with E-state index in [2.05, 4.69) is 6.07 Å². The monoisotopic (exact) mass is 399 g/mol. The third-order valence-electron chi connectivity index (χ3n) is 5.02. The molecule has 2 aromatic rings. The molecule has 0 saturated carbocycles. The highest BCUT2D eigenvalue weighted by molar-refractivity contribution is 8.02. The smallest absolute Gasteiger partial charge is 0.172 e. The van der Waals surface area contributed by atoms with Crippen LogP contribution in [0.1, 0.15) is 11.1 Å². The molecule has 2 nitrogen and oxygen atoms in total. The second kappa shape index (κ2) is 7.04. The van der Waals surface area contributed by atoms with Gasteiger partial charge in [0.05, 0.1) is 5.92 Å². The Labute approximate surface area is 172 Å². The average molecular weight is 400 g/mol. The first-order valence-corrected chi connectivity index (χ1v) is 10.7. The second-order valence-electron chi connectivity index (χ2n) is 6.68. The number of carbonyl (C=O) groups excluding carboxylic acids is 1. The fraction of sp³-hybridized carbons (Fsp3) is 0.0417. The first kappa shape index (κ1) is 17.4. The normalized spacial score (nSPS) is 23.0. The molecule has 4 heteroatoms. The molecule has 1 unspecified atom stereocenters.